The molecule has 0 saturated carbocycles. The Kier molecular flexibility index (Phi) is 6.04. The lowest BCUT2D eigenvalue weighted by atomic mass is 10.1. The third-order valence-electron chi connectivity index (χ3n) is 5.13. The van der Waals surface area contributed by atoms with Crippen molar-refractivity contribution < 1.29 is 9.90 Å². The van der Waals surface area contributed by atoms with Crippen LogP contribution >= 0.6 is 0 Å². The van der Waals surface area contributed by atoms with E-state index in [1.54, 1.807) is 14.1 Å². The van der Waals surface area contributed by atoms with Gasteiger partial charge in [0.15, 0.2) is 17.3 Å². The molecule has 0 saturated heterocycles. The van der Waals surface area contributed by atoms with E-state index in [4.69, 9.17) is 0 Å². The molecule has 1 aliphatic rings. The van der Waals surface area contributed by atoms with E-state index >= 15 is 0 Å². The highest BCUT2D eigenvalue weighted by molar-refractivity contribution is 5.97. The van der Waals surface area contributed by atoms with E-state index in [1.165, 1.54) is 35.4 Å². The summed E-state index contributed by atoms with van der Waals surface area (Å²) in [5.74, 6) is -0.961. The van der Waals surface area contributed by atoms with Crippen LogP contribution in [-0.2, 0) is 21.1 Å². The topological polar surface area (TPSA) is 126 Å². The lowest BCUT2D eigenvalue weighted by molar-refractivity contribution is 0.0814. The van der Waals surface area contributed by atoms with Crippen LogP contribution in [-0.4, -0.2) is 55.7 Å². The zero-order valence-corrected chi connectivity index (χ0v) is 18.3. The number of aromatic nitrogens is 4. The van der Waals surface area contributed by atoms with Crippen molar-refractivity contribution in [1.82, 2.24) is 24.0 Å². The first kappa shape index (κ1) is 21.9. The number of nitrogens with one attached hydrogen (secondary N) is 2. The molecule has 0 aromatic carbocycles. The molecule has 166 valence electrons. The molecule has 2 aromatic rings. The molecule has 1 amide bonds. The number of carbonyl (C=O) groups is 1. The molecule has 0 atom stereocenters. The summed E-state index contributed by atoms with van der Waals surface area (Å²) in [7, 11) is 7.56. The van der Waals surface area contributed by atoms with Crippen LogP contribution < -0.4 is 21.8 Å². The SMILES string of the molecule is CN(C)C(=O)c1c(O)c(Nc2c(NCC3=CCCC=C3)c(=O)n(C)n(C)c2=O)nn1C. The minimum absolute atomic E-state index is 0.0415. The van der Waals surface area contributed by atoms with E-state index < -0.39 is 22.8 Å². The lowest BCUT2D eigenvalue weighted by Gasteiger charge is -2.16. The maximum atomic E-state index is 12.9. The standard InChI is InChI=1S/C20H27N7O4/c1-24(2)20(31)15-16(28)17(23-25(15)3)22-14-13(18(29)26(4)27(5)19(14)30)21-11-12-9-7-6-8-10-12/h7,9-10,21,28H,6,8,11H2,1-5H3,(H,22,23). The van der Waals surface area contributed by atoms with Crippen LogP contribution in [0.4, 0.5) is 17.2 Å². The summed E-state index contributed by atoms with van der Waals surface area (Å²) in [5, 5.41) is 20.5. The Morgan fingerprint density at radius 2 is 1.77 bits per heavy atom. The van der Waals surface area contributed by atoms with Gasteiger partial charge in [0.25, 0.3) is 17.0 Å². The van der Waals surface area contributed by atoms with Gasteiger partial charge in [0, 0.05) is 41.8 Å². The lowest BCUT2D eigenvalue weighted by Crippen LogP contribution is -2.38. The molecule has 0 spiro atoms. The van der Waals surface area contributed by atoms with E-state index in [-0.39, 0.29) is 22.9 Å². The minimum Gasteiger partial charge on any atom is -0.503 e. The average molecular weight is 429 g/mol. The van der Waals surface area contributed by atoms with Crippen LogP contribution in [0.3, 0.4) is 0 Å². The molecule has 0 radical (unpaired) electrons. The largest absolute Gasteiger partial charge is 0.503 e. The molecule has 2 heterocycles. The number of rotatable bonds is 6. The van der Waals surface area contributed by atoms with E-state index in [1.807, 2.05) is 12.2 Å². The predicted molar refractivity (Wildman–Crippen MR) is 118 cm³/mol. The summed E-state index contributed by atoms with van der Waals surface area (Å²) in [6.07, 6.45) is 7.97. The first-order chi connectivity index (χ1) is 14.6. The molecule has 0 aliphatic heterocycles. The Balaban J connectivity index is 2.05. The van der Waals surface area contributed by atoms with Crippen molar-refractivity contribution in [3.8, 4) is 5.75 Å². The second-order valence-electron chi connectivity index (χ2n) is 7.51. The second-order valence-corrected chi connectivity index (χ2v) is 7.51. The van der Waals surface area contributed by atoms with E-state index in [9.17, 15) is 19.5 Å². The third kappa shape index (κ3) is 4.11. The normalized spacial score (nSPS) is 13.1. The zero-order chi connectivity index (χ0) is 22.9. The van der Waals surface area contributed by atoms with Crippen LogP contribution in [0.1, 0.15) is 23.3 Å². The molecular formula is C20H27N7O4. The van der Waals surface area contributed by atoms with Crippen molar-refractivity contribution in [2.75, 3.05) is 31.3 Å². The zero-order valence-electron chi connectivity index (χ0n) is 18.3. The molecule has 3 rings (SSSR count). The van der Waals surface area contributed by atoms with E-state index in [0.717, 1.165) is 23.1 Å². The Morgan fingerprint density at radius 1 is 1.13 bits per heavy atom. The first-order valence-electron chi connectivity index (χ1n) is 9.77. The van der Waals surface area contributed by atoms with Gasteiger partial charge in [-0.15, -0.1) is 0 Å². The molecule has 11 heteroatoms. The van der Waals surface area contributed by atoms with Gasteiger partial charge in [-0.25, -0.2) is 9.36 Å². The van der Waals surface area contributed by atoms with Gasteiger partial charge in [-0.2, -0.15) is 5.10 Å². The Bertz CT molecular complexity index is 1200. The van der Waals surface area contributed by atoms with Gasteiger partial charge in [0.2, 0.25) is 0 Å². The third-order valence-corrected chi connectivity index (χ3v) is 5.13. The molecule has 11 nitrogen and oxygen atoms in total. The number of anilines is 3. The number of hydrogen-bond acceptors (Lipinski definition) is 7. The summed E-state index contributed by atoms with van der Waals surface area (Å²) in [4.78, 5) is 39.5. The summed E-state index contributed by atoms with van der Waals surface area (Å²) in [5.41, 5.74) is 0.0206. The molecule has 31 heavy (non-hydrogen) atoms. The number of aromatic hydroxyl groups is 1. The van der Waals surface area contributed by atoms with Crippen molar-refractivity contribution in [2.45, 2.75) is 12.8 Å². The monoisotopic (exact) mass is 429 g/mol. The Labute approximate surface area is 178 Å². The Hall–Kier alpha value is -3.76. The van der Waals surface area contributed by atoms with Gasteiger partial charge in [-0.3, -0.25) is 19.1 Å². The van der Waals surface area contributed by atoms with Crippen LogP contribution in [0.15, 0.2) is 33.4 Å². The smallest absolute Gasteiger partial charge is 0.291 e. The van der Waals surface area contributed by atoms with Gasteiger partial charge >= 0.3 is 0 Å². The van der Waals surface area contributed by atoms with Crippen molar-refractivity contribution in [1.29, 1.82) is 0 Å². The summed E-state index contributed by atoms with van der Waals surface area (Å²) in [6.45, 7) is 0.353. The molecule has 0 bridgehead atoms. The highest BCUT2D eigenvalue weighted by Gasteiger charge is 2.25. The van der Waals surface area contributed by atoms with Gasteiger partial charge in [0.1, 0.15) is 11.4 Å². The number of amides is 1. The van der Waals surface area contributed by atoms with Crippen LogP contribution in [0.25, 0.3) is 0 Å². The van der Waals surface area contributed by atoms with Crippen LogP contribution in [0, 0.1) is 0 Å². The first-order valence-corrected chi connectivity index (χ1v) is 9.77. The number of nitrogens with zero attached hydrogens (tertiary/aromatic N) is 5. The van der Waals surface area contributed by atoms with Crippen molar-refractivity contribution in [3.05, 3.63) is 50.2 Å². The van der Waals surface area contributed by atoms with Gasteiger partial charge in [-0.05, 0) is 18.4 Å². The molecule has 3 N–H and O–H groups in total. The van der Waals surface area contributed by atoms with Gasteiger partial charge in [0.05, 0.1) is 0 Å². The molecule has 0 unspecified atom stereocenters. The number of hydrogen-bond donors (Lipinski definition) is 3. The fraction of sp³-hybridized carbons (Fsp3) is 0.400. The highest BCUT2D eigenvalue weighted by atomic mass is 16.3. The van der Waals surface area contributed by atoms with Crippen molar-refractivity contribution in [2.24, 2.45) is 21.1 Å². The number of aryl methyl sites for hydroxylation is 1. The summed E-state index contributed by atoms with van der Waals surface area (Å²) >= 11 is 0. The highest BCUT2D eigenvalue weighted by Crippen LogP contribution is 2.30. The van der Waals surface area contributed by atoms with Crippen molar-refractivity contribution >= 4 is 23.1 Å². The maximum Gasteiger partial charge on any atom is 0.291 e. The van der Waals surface area contributed by atoms with Crippen LogP contribution in [0.5, 0.6) is 5.75 Å². The fourth-order valence-electron chi connectivity index (χ4n) is 3.25. The quantitative estimate of drug-likeness (QED) is 0.616. The molecular weight excluding hydrogens is 402 g/mol. The van der Waals surface area contributed by atoms with Gasteiger partial charge in [-0.1, -0.05) is 18.2 Å². The van der Waals surface area contributed by atoms with E-state index in [2.05, 4.69) is 21.8 Å². The molecule has 2 aromatic heterocycles. The predicted octanol–water partition coefficient (Wildman–Crippen LogP) is 0.657. The fourth-order valence-corrected chi connectivity index (χ4v) is 3.25. The molecule has 0 fully saturated rings. The maximum absolute atomic E-state index is 12.9. The Morgan fingerprint density at radius 3 is 2.35 bits per heavy atom. The van der Waals surface area contributed by atoms with Gasteiger partial charge < -0.3 is 20.6 Å². The second kappa shape index (κ2) is 8.54. The molecule has 1 aliphatic carbocycles. The summed E-state index contributed by atoms with van der Waals surface area (Å²) in [6, 6.07) is 0. The number of carbonyl (C=O) groups excluding carboxylic acids is 1. The minimum atomic E-state index is -0.497. The average Bonchev–Trinajstić information content (AvgIpc) is 3.03. The van der Waals surface area contributed by atoms with Crippen LogP contribution in [0.2, 0.25) is 0 Å². The van der Waals surface area contributed by atoms with E-state index in [0.29, 0.717) is 6.54 Å². The van der Waals surface area contributed by atoms with Crippen molar-refractivity contribution in [3.63, 3.8) is 0 Å². The summed E-state index contributed by atoms with van der Waals surface area (Å²) < 4.78 is 3.57. The number of allylic oxidation sites excluding steroid dienone is 2.